The predicted octanol–water partition coefficient (Wildman–Crippen LogP) is 2.41. The van der Waals surface area contributed by atoms with E-state index in [2.05, 4.69) is 14.8 Å². The van der Waals surface area contributed by atoms with Gasteiger partial charge in [-0.2, -0.15) is 0 Å². The Balaban J connectivity index is 2.21. The number of carbonyl (C=O) groups is 2. The molecule has 2 aromatic rings. The van der Waals surface area contributed by atoms with Crippen molar-refractivity contribution in [1.29, 1.82) is 0 Å². The maximum atomic E-state index is 12.4. The number of methoxy groups -OCH3 is 1. The minimum Gasteiger partial charge on any atom is -0.465 e. The fourth-order valence-corrected chi connectivity index (χ4v) is 3.35. The van der Waals surface area contributed by atoms with E-state index >= 15 is 0 Å². The minimum atomic E-state index is -3.66. The number of hydrogen-bond donors (Lipinski definition) is 2. The summed E-state index contributed by atoms with van der Waals surface area (Å²) in [6.07, 6.45) is 0.663. The monoisotopic (exact) mass is 376 g/mol. The second-order valence-corrected chi connectivity index (χ2v) is 7.22. The van der Waals surface area contributed by atoms with Crippen molar-refractivity contribution in [3.05, 3.63) is 59.7 Å². The molecule has 0 radical (unpaired) electrons. The van der Waals surface area contributed by atoms with E-state index in [1.807, 2.05) is 6.92 Å². The van der Waals surface area contributed by atoms with E-state index in [1.54, 1.807) is 18.2 Å². The lowest BCUT2D eigenvalue weighted by Gasteiger charge is -2.09. The molecule has 0 spiro atoms. The van der Waals surface area contributed by atoms with Crippen LogP contribution in [0.1, 0.15) is 34.1 Å². The summed E-state index contributed by atoms with van der Waals surface area (Å²) in [5.74, 6) is -1.00. The van der Waals surface area contributed by atoms with Crippen molar-refractivity contribution in [3.63, 3.8) is 0 Å². The maximum Gasteiger partial charge on any atom is 0.337 e. The largest absolute Gasteiger partial charge is 0.465 e. The molecule has 0 saturated heterocycles. The van der Waals surface area contributed by atoms with Crippen LogP contribution in [0.25, 0.3) is 0 Å². The molecule has 2 N–H and O–H groups in total. The number of anilines is 1. The van der Waals surface area contributed by atoms with E-state index in [0.717, 1.165) is 0 Å². The molecule has 0 aliphatic carbocycles. The summed E-state index contributed by atoms with van der Waals surface area (Å²) in [7, 11) is -2.39. The summed E-state index contributed by atoms with van der Waals surface area (Å²) in [4.78, 5) is 24.0. The Morgan fingerprint density at radius 1 is 1.04 bits per heavy atom. The molecule has 0 fully saturated rings. The summed E-state index contributed by atoms with van der Waals surface area (Å²) < 4.78 is 31.5. The van der Waals surface area contributed by atoms with E-state index in [4.69, 9.17) is 0 Å². The fraction of sp³-hybridized carbons (Fsp3) is 0.222. The Morgan fingerprint density at radius 2 is 1.73 bits per heavy atom. The van der Waals surface area contributed by atoms with Crippen molar-refractivity contribution < 1.29 is 22.7 Å². The van der Waals surface area contributed by atoms with Gasteiger partial charge in [0.2, 0.25) is 10.0 Å². The Labute approximate surface area is 152 Å². The standard InChI is InChI=1S/C18H20N2O5S/c1-3-10-19-26(23,24)16-9-5-6-13(12-16)17(21)20-15-8-4-7-14(11-15)18(22)25-2/h4-9,11-12,19H,3,10H2,1-2H3,(H,20,21). The number of nitrogens with one attached hydrogen (secondary N) is 2. The molecule has 0 aliphatic rings. The highest BCUT2D eigenvalue weighted by Crippen LogP contribution is 2.16. The molecule has 26 heavy (non-hydrogen) atoms. The number of esters is 1. The molecule has 2 rings (SSSR count). The van der Waals surface area contributed by atoms with Crippen molar-refractivity contribution in [2.75, 3.05) is 19.0 Å². The highest BCUT2D eigenvalue weighted by Gasteiger charge is 2.16. The van der Waals surface area contributed by atoms with Crippen LogP contribution in [0.4, 0.5) is 5.69 Å². The lowest BCUT2D eigenvalue weighted by molar-refractivity contribution is 0.0600. The van der Waals surface area contributed by atoms with Crippen LogP contribution in [0.15, 0.2) is 53.4 Å². The average molecular weight is 376 g/mol. The first kappa shape index (κ1) is 19.6. The van der Waals surface area contributed by atoms with Crippen LogP contribution in [0, 0.1) is 0 Å². The van der Waals surface area contributed by atoms with Crippen molar-refractivity contribution in [1.82, 2.24) is 4.72 Å². The Kier molecular flexibility index (Phi) is 6.48. The molecule has 0 heterocycles. The molecule has 0 unspecified atom stereocenters. The third kappa shape index (κ3) is 4.90. The number of rotatable bonds is 7. The maximum absolute atomic E-state index is 12.4. The number of carbonyl (C=O) groups excluding carboxylic acids is 2. The molecular formula is C18H20N2O5S. The van der Waals surface area contributed by atoms with Crippen molar-refractivity contribution in [3.8, 4) is 0 Å². The first-order valence-electron chi connectivity index (χ1n) is 7.97. The van der Waals surface area contributed by atoms with Gasteiger partial charge in [0.15, 0.2) is 0 Å². The van der Waals surface area contributed by atoms with Gasteiger partial charge in [0.1, 0.15) is 0 Å². The number of ether oxygens (including phenoxy) is 1. The van der Waals surface area contributed by atoms with Gasteiger partial charge in [0.05, 0.1) is 17.6 Å². The molecule has 138 valence electrons. The Bertz CT molecular complexity index is 909. The summed E-state index contributed by atoms with van der Waals surface area (Å²) in [5, 5.41) is 2.64. The van der Waals surface area contributed by atoms with Gasteiger partial charge in [-0.1, -0.05) is 19.1 Å². The van der Waals surface area contributed by atoms with Crippen LogP contribution in [0.5, 0.6) is 0 Å². The van der Waals surface area contributed by atoms with E-state index in [0.29, 0.717) is 24.2 Å². The van der Waals surface area contributed by atoms with Gasteiger partial charge in [0, 0.05) is 17.8 Å². The number of benzene rings is 2. The van der Waals surface area contributed by atoms with Crippen LogP contribution < -0.4 is 10.0 Å². The van der Waals surface area contributed by atoms with Gasteiger partial charge in [-0.3, -0.25) is 4.79 Å². The van der Waals surface area contributed by atoms with Crippen LogP contribution >= 0.6 is 0 Å². The summed E-state index contributed by atoms with van der Waals surface area (Å²) >= 11 is 0. The quantitative estimate of drug-likeness (QED) is 0.723. The highest BCUT2D eigenvalue weighted by molar-refractivity contribution is 7.89. The van der Waals surface area contributed by atoms with Crippen LogP contribution in [-0.2, 0) is 14.8 Å². The predicted molar refractivity (Wildman–Crippen MR) is 97.7 cm³/mol. The number of amides is 1. The normalized spacial score (nSPS) is 11.0. The second-order valence-electron chi connectivity index (χ2n) is 5.45. The minimum absolute atomic E-state index is 0.0157. The lowest BCUT2D eigenvalue weighted by atomic mass is 10.1. The molecular weight excluding hydrogens is 356 g/mol. The van der Waals surface area contributed by atoms with Crippen molar-refractivity contribution in [2.24, 2.45) is 0 Å². The summed E-state index contributed by atoms with van der Waals surface area (Å²) in [5.41, 5.74) is 0.883. The number of hydrogen-bond acceptors (Lipinski definition) is 5. The molecule has 0 saturated carbocycles. The second kappa shape index (κ2) is 8.59. The van der Waals surface area contributed by atoms with E-state index in [1.165, 1.54) is 37.4 Å². The van der Waals surface area contributed by atoms with E-state index in [-0.39, 0.29) is 10.5 Å². The molecule has 0 aromatic heterocycles. The molecule has 2 aromatic carbocycles. The van der Waals surface area contributed by atoms with Crippen LogP contribution in [0.2, 0.25) is 0 Å². The summed E-state index contributed by atoms with van der Waals surface area (Å²) in [6.45, 7) is 2.17. The SMILES string of the molecule is CCCNS(=O)(=O)c1cccc(C(=O)Nc2cccc(C(=O)OC)c2)c1. The fourth-order valence-electron chi connectivity index (χ4n) is 2.17. The van der Waals surface area contributed by atoms with Gasteiger partial charge in [-0.15, -0.1) is 0 Å². The van der Waals surface area contributed by atoms with Crippen LogP contribution in [-0.4, -0.2) is 33.9 Å². The molecule has 8 heteroatoms. The van der Waals surface area contributed by atoms with E-state index in [9.17, 15) is 18.0 Å². The third-order valence-electron chi connectivity index (χ3n) is 3.49. The lowest BCUT2D eigenvalue weighted by Crippen LogP contribution is -2.24. The molecule has 0 bridgehead atoms. The average Bonchev–Trinajstić information content (AvgIpc) is 2.66. The zero-order valence-electron chi connectivity index (χ0n) is 14.5. The summed E-state index contributed by atoms with van der Waals surface area (Å²) in [6, 6.07) is 12.0. The third-order valence-corrected chi connectivity index (χ3v) is 4.95. The molecule has 0 aliphatic heterocycles. The smallest absolute Gasteiger partial charge is 0.337 e. The van der Waals surface area contributed by atoms with Gasteiger partial charge in [-0.05, 0) is 42.8 Å². The van der Waals surface area contributed by atoms with Gasteiger partial charge in [-0.25, -0.2) is 17.9 Å². The number of sulfonamides is 1. The topological polar surface area (TPSA) is 102 Å². The Morgan fingerprint density at radius 3 is 2.42 bits per heavy atom. The van der Waals surface area contributed by atoms with Gasteiger partial charge < -0.3 is 10.1 Å². The molecule has 0 atom stereocenters. The van der Waals surface area contributed by atoms with Gasteiger partial charge >= 0.3 is 5.97 Å². The Hall–Kier alpha value is -2.71. The van der Waals surface area contributed by atoms with Gasteiger partial charge in [0.25, 0.3) is 5.91 Å². The molecule has 1 amide bonds. The zero-order valence-corrected chi connectivity index (χ0v) is 15.3. The molecule has 7 nitrogen and oxygen atoms in total. The van der Waals surface area contributed by atoms with Crippen LogP contribution in [0.3, 0.4) is 0 Å². The first-order chi connectivity index (χ1) is 12.4. The highest BCUT2D eigenvalue weighted by atomic mass is 32.2. The van der Waals surface area contributed by atoms with Crippen molar-refractivity contribution >= 4 is 27.6 Å². The van der Waals surface area contributed by atoms with E-state index < -0.39 is 21.9 Å². The first-order valence-corrected chi connectivity index (χ1v) is 9.45. The van der Waals surface area contributed by atoms with Crippen molar-refractivity contribution in [2.45, 2.75) is 18.2 Å². The zero-order chi connectivity index (χ0) is 19.2.